The fraction of sp³-hybridized carbons (Fsp3) is 0.250. The molecule has 3 aromatic rings. The van der Waals surface area contributed by atoms with E-state index in [1.165, 1.54) is 7.05 Å². The maximum Gasteiger partial charge on any atom is 0.262 e. The van der Waals surface area contributed by atoms with Crippen molar-refractivity contribution >= 4 is 17.7 Å². The molecule has 0 bridgehead atoms. The SMILES string of the molecule is Cc1nn(C)c(F)c1C(=O)Nc1ccccc1-c1ccc(C=CC(C)(C)C)cc1. The summed E-state index contributed by atoms with van der Waals surface area (Å²) in [6.07, 6.45) is 4.27. The molecule has 0 saturated carbocycles. The highest BCUT2D eigenvalue weighted by Crippen LogP contribution is 2.29. The van der Waals surface area contributed by atoms with E-state index >= 15 is 0 Å². The maximum absolute atomic E-state index is 14.2. The predicted molar refractivity (Wildman–Crippen MR) is 116 cm³/mol. The summed E-state index contributed by atoms with van der Waals surface area (Å²) in [7, 11) is 1.47. The van der Waals surface area contributed by atoms with E-state index < -0.39 is 11.9 Å². The van der Waals surface area contributed by atoms with Gasteiger partial charge in [-0.05, 0) is 29.5 Å². The third kappa shape index (κ3) is 4.80. The van der Waals surface area contributed by atoms with Crippen LogP contribution in [-0.2, 0) is 7.05 Å². The minimum Gasteiger partial charge on any atom is -0.321 e. The Morgan fingerprint density at radius 1 is 1.10 bits per heavy atom. The van der Waals surface area contributed by atoms with Gasteiger partial charge in [-0.15, -0.1) is 0 Å². The van der Waals surface area contributed by atoms with Crippen LogP contribution in [0.25, 0.3) is 17.2 Å². The highest BCUT2D eigenvalue weighted by atomic mass is 19.1. The van der Waals surface area contributed by atoms with Crippen molar-refractivity contribution in [2.75, 3.05) is 5.32 Å². The fourth-order valence-electron chi connectivity index (χ4n) is 3.04. The largest absolute Gasteiger partial charge is 0.321 e. The number of benzene rings is 2. The number of hydrogen-bond acceptors (Lipinski definition) is 2. The van der Waals surface area contributed by atoms with Crippen LogP contribution < -0.4 is 5.32 Å². The van der Waals surface area contributed by atoms with Crippen LogP contribution in [0, 0.1) is 18.3 Å². The van der Waals surface area contributed by atoms with Crippen LogP contribution in [-0.4, -0.2) is 15.7 Å². The molecule has 0 aliphatic heterocycles. The van der Waals surface area contributed by atoms with Crippen LogP contribution in [0.5, 0.6) is 0 Å². The number of hydrogen-bond donors (Lipinski definition) is 1. The molecule has 0 radical (unpaired) electrons. The van der Waals surface area contributed by atoms with Gasteiger partial charge in [0.05, 0.1) is 5.69 Å². The van der Waals surface area contributed by atoms with E-state index in [0.717, 1.165) is 21.4 Å². The van der Waals surface area contributed by atoms with Crippen molar-refractivity contribution in [3.8, 4) is 11.1 Å². The number of nitrogens with one attached hydrogen (secondary N) is 1. The van der Waals surface area contributed by atoms with Crippen molar-refractivity contribution in [2.24, 2.45) is 12.5 Å². The number of carbonyl (C=O) groups is 1. The van der Waals surface area contributed by atoms with Crippen molar-refractivity contribution in [1.82, 2.24) is 9.78 Å². The zero-order chi connectivity index (χ0) is 21.2. The number of carbonyl (C=O) groups excluding carboxylic acids is 1. The van der Waals surface area contributed by atoms with Crippen LogP contribution in [0.1, 0.15) is 42.4 Å². The molecule has 29 heavy (non-hydrogen) atoms. The Morgan fingerprint density at radius 3 is 2.34 bits per heavy atom. The van der Waals surface area contributed by atoms with E-state index in [1.54, 1.807) is 6.92 Å². The lowest BCUT2D eigenvalue weighted by molar-refractivity contribution is 0.102. The van der Waals surface area contributed by atoms with Gasteiger partial charge in [0.15, 0.2) is 0 Å². The Kier molecular flexibility index (Phi) is 5.69. The van der Waals surface area contributed by atoms with Crippen molar-refractivity contribution in [3.63, 3.8) is 0 Å². The third-order valence-electron chi connectivity index (χ3n) is 4.55. The van der Waals surface area contributed by atoms with Gasteiger partial charge in [0.25, 0.3) is 5.91 Å². The molecule has 0 unspecified atom stereocenters. The van der Waals surface area contributed by atoms with E-state index in [1.807, 2.05) is 48.5 Å². The second kappa shape index (κ2) is 8.03. The summed E-state index contributed by atoms with van der Waals surface area (Å²) in [4.78, 5) is 12.7. The molecule has 1 heterocycles. The second-order valence-electron chi connectivity index (χ2n) is 8.20. The molecule has 3 rings (SSSR count). The number of rotatable bonds is 4. The second-order valence-corrected chi connectivity index (χ2v) is 8.20. The van der Waals surface area contributed by atoms with Crippen molar-refractivity contribution in [1.29, 1.82) is 0 Å². The predicted octanol–water partition coefficient (Wildman–Crippen LogP) is 5.85. The van der Waals surface area contributed by atoms with Gasteiger partial charge in [0.1, 0.15) is 5.56 Å². The minimum atomic E-state index is -0.646. The van der Waals surface area contributed by atoms with Crippen LogP contribution in [0.3, 0.4) is 0 Å². The van der Waals surface area contributed by atoms with Crippen LogP contribution in [0.2, 0.25) is 0 Å². The summed E-state index contributed by atoms with van der Waals surface area (Å²) in [6.45, 7) is 8.09. The third-order valence-corrected chi connectivity index (χ3v) is 4.55. The van der Waals surface area contributed by atoms with E-state index in [2.05, 4.69) is 43.3 Å². The molecule has 1 N–H and O–H groups in total. The van der Waals surface area contributed by atoms with Gasteiger partial charge >= 0.3 is 0 Å². The molecule has 5 heteroatoms. The molecular formula is C24H26FN3O. The van der Waals surface area contributed by atoms with Gasteiger partial charge in [-0.3, -0.25) is 4.79 Å². The van der Waals surface area contributed by atoms with E-state index in [-0.39, 0.29) is 11.0 Å². The Bertz CT molecular complexity index is 1060. The zero-order valence-electron chi connectivity index (χ0n) is 17.5. The first-order chi connectivity index (χ1) is 13.7. The molecular weight excluding hydrogens is 365 g/mol. The average Bonchev–Trinajstić information content (AvgIpc) is 2.92. The Hall–Kier alpha value is -3.21. The van der Waals surface area contributed by atoms with Crippen molar-refractivity contribution in [3.05, 3.63) is 77.4 Å². The van der Waals surface area contributed by atoms with Crippen LogP contribution >= 0.6 is 0 Å². The number of amides is 1. The molecule has 0 aliphatic carbocycles. The fourth-order valence-corrected chi connectivity index (χ4v) is 3.04. The molecule has 4 nitrogen and oxygen atoms in total. The summed E-state index contributed by atoms with van der Waals surface area (Å²) in [6, 6.07) is 15.6. The van der Waals surface area contributed by atoms with Gasteiger partial charge in [-0.1, -0.05) is 75.4 Å². The van der Waals surface area contributed by atoms with Crippen LogP contribution in [0.4, 0.5) is 10.1 Å². The molecule has 0 spiro atoms. The molecule has 2 aromatic carbocycles. The summed E-state index contributed by atoms with van der Waals surface area (Å²) < 4.78 is 15.3. The lowest BCUT2D eigenvalue weighted by atomic mass is 9.95. The molecule has 1 amide bonds. The smallest absolute Gasteiger partial charge is 0.262 e. The first kappa shape index (κ1) is 20.5. The number of aromatic nitrogens is 2. The Morgan fingerprint density at radius 2 is 1.76 bits per heavy atom. The van der Waals surface area contributed by atoms with Gasteiger partial charge in [0, 0.05) is 18.3 Å². The van der Waals surface area contributed by atoms with Gasteiger partial charge < -0.3 is 5.32 Å². The molecule has 0 atom stereocenters. The lowest BCUT2D eigenvalue weighted by Gasteiger charge is -2.12. The summed E-state index contributed by atoms with van der Waals surface area (Å²) in [5.41, 5.74) is 4.01. The highest BCUT2D eigenvalue weighted by molar-refractivity contribution is 6.07. The number of aryl methyl sites for hydroxylation is 2. The molecule has 0 aliphatic rings. The first-order valence-electron chi connectivity index (χ1n) is 9.55. The number of halogens is 1. The topological polar surface area (TPSA) is 46.9 Å². The van der Waals surface area contributed by atoms with Gasteiger partial charge in [0.2, 0.25) is 5.95 Å². The number of para-hydroxylation sites is 1. The average molecular weight is 391 g/mol. The van der Waals surface area contributed by atoms with Gasteiger partial charge in [-0.25, -0.2) is 4.68 Å². The molecule has 1 aromatic heterocycles. The van der Waals surface area contributed by atoms with E-state index in [0.29, 0.717) is 11.4 Å². The molecule has 0 fully saturated rings. The summed E-state index contributed by atoms with van der Waals surface area (Å²) >= 11 is 0. The van der Waals surface area contributed by atoms with E-state index in [4.69, 9.17) is 0 Å². The summed E-state index contributed by atoms with van der Waals surface area (Å²) in [5.74, 6) is -1.15. The number of allylic oxidation sites excluding steroid dienone is 1. The lowest BCUT2D eigenvalue weighted by Crippen LogP contribution is -2.15. The number of nitrogens with zero attached hydrogens (tertiary/aromatic N) is 2. The minimum absolute atomic E-state index is 0.0371. The first-order valence-corrected chi connectivity index (χ1v) is 9.55. The standard InChI is InChI=1S/C24H26FN3O/c1-16-21(22(25)28(5)27-16)23(29)26-20-9-7-6-8-19(20)18-12-10-17(11-13-18)14-15-24(2,3)4/h6-15H,1-5H3,(H,26,29). The van der Waals surface area contributed by atoms with E-state index in [9.17, 15) is 9.18 Å². The normalized spacial score (nSPS) is 11.8. The highest BCUT2D eigenvalue weighted by Gasteiger charge is 2.21. The Balaban J connectivity index is 1.87. The van der Waals surface area contributed by atoms with Crippen LogP contribution in [0.15, 0.2) is 54.6 Å². The molecule has 0 saturated heterocycles. The van der Waals surface area contributed by atoms with Crippen molar-refractivity contribution < 1.29 is 9.18 Å². The monoisotopic (exact) mass is 391 g/mol. The zero-order valence-corrected chi connectivity index (χ0v) is 17.5. The molecule has 150 valence electrons. The summed E-state index contributed by atoms with van der Waals surface area (Å²) in [5, 5.41) is 6.81. The quantitative estimate of drug-likeness (QED) is 0.607. The Labute approximate surface area is 171 Å². The number of anilines is 1. The van der Waals surface area contributed by atoms with Gasteiger partial charge in [-0.2, -0.15) is 9.49 Å². The maximum atomic E-state index is 14.2. The van der Waals surface area contributed by atoms with Crippen molar-refractivity contribution in [2.45, 2.75) is 27.7 Å².